The van der Waals surface area contributed by atoms with Crippen molar-refractivity contribution in [3.63, 3.8) is 0 Å². The minimum atomic E-state index is -0.281. The van der Waals surface area contributed by atoms with Crippen molar-refractivity contribution in [1.29, 1.82) is 0 Å². The number of benzene rings is 1. The fourth-order valence-electron chi connectivity index (χ4n) is 2.98. The molecule has 1 aliphatic rings. The van der Waals surface area contributed by atoms with Crippen molar-refractivity contribution < 1.29 is 14.3 Å². The van der Waals surface area contributed by atoms with Crippen LogP contribution in [0.25, 0.3) is 0 Å². The monoisotopic (exact) mass is 341 g/mol. The normalized spacial score (nSPS) is 17.4. The second-order valence-electron chi connectivity index (χ2n) is 6.25. The van der Waals surface area contributed by atoms with Gasteiger partial charge in [-0.1, -0.05) is 17.7 Å². The molecule has 6 nitrogen and oxygen atoms in total. The van der Waals surface area contributed by atoms with E-state index in [2.05, 4.69) is 9.97 Å². The minimum absolute atomic E-state index is 0.0600. The molecule has 0 spiro atoms. The van der Waals surface area contributed by atoms with Crippen LogP contribution < -0.4 is 4.74 Å². The molecule has 1 fully saturated rings. The maximum absolute atomic E-state index is 12.8. The summed E-state index contributed by atoms with van der Waals surface area (Å²) in [5.74, 6) is 1.43. The first-order valence-corrected chi connectivity index (χ1v) is 8.39. The number of carbonyl (C=O) groups is 1. The predicted octanol–water partition coefficient (Wildman–Crippen LogP) is 2.24. The van der Waals surface area contributed by atoms with Crippen molar-refractivity contribution in [2.75, 3.05) is 26.8 Å². The van der Waals surface area contributed by atoms with E-state index in [1.807, 2.05) is 43.0 Å². The Balaban J connectivity index is 1.71. The highest BCUT2D eigenvalue weighted by atomic mass is 16.5. The van der Waals surface area contributed by atoms with Gasteiger partial charge >= 0.3 is 0 Å². The number of aromatic nitrogens is 2. The highest BCUT2D eigenvalue weighted by molar-refractivity contribution is 5.79. The third kappa shape index (κ3) is 4.14. The fraction of sp³-hybridized carbons (Fsp3) is 0.421. The third-order valence-electron chi connectivity index (χ3n) is 4.30. The van der Waals surface area contributed by atoms with Gasteiger partial charge in [0.15, 0.2) is 5.82 Å². The average Bonchev–Trinajstić information content (AvgIpc) is 2.62. The molecule has 1 aromatic carbocycles. The Bertz CT molecular complexity index is 763. The van der Waals surface area contributed by atoms with Crippen molar-refractivity contribution in [2.45, 2.75) is 26.4 Å². The summed E-state index contributed by atoms with van der Waals surface area (Å²) in [6, 6.07) is 7.73. The van der Waals surface area contributed by atoms with Gasteiger partial charge in [0.05, 0.1) is 26.7 Å². The molecule has 1 aromatic heterocycles. The quantitative estimate of drug-likeness (QED) is 0.853. The highest BCUT2D eigenvalue weighted by Gasteiger charge is 2.27. The lowest BCUT2D eigenvalue weighted by Crippen LogP contribution is -2.43. The van der Waals surface area contributed by atoms with E-state index in [1.165, 1.54) is 0 Å². The van der Waals surface area contributed by atoms with Crippen LogP contribution in [-0.4, -0.2) is 47.6 Å². The summed E-state index contributed by atoms with van der Waals surface area (Å²) >= 11 is 0. The Morgan fingerprint density at radius 1 is 1.36 bits per heavy atom. The molecule has 132 valence electrons. The zero-order valence-corrected chi connectivity index (χ0v) is 14.9. The van der Waals surface area contributed by atoms with Crippen LogP contribution in [0.5, 0.6) is 5.75 Å². The lowest BCUT2D eigenvalue weighted by Gasteiger charge is -2.32. The lowest BCUT2D eigenvalue weighted by molar-refractivity contribution is -0.138. The van der Waals surface area contributed by atoms with Gasteiger partial charge in [-0.25, -0.2) is 9.97 Å². The van der Waals surface area contributed by atoms with Gasteiger partial charge in [0.25, 0.3) is 0 Å². The lowest BCUT2D eigenvalue weighted by atomic mass is 10.1. The van der Waals surface area contributed by atoms with E-state index >= 15 is 0 Å². The molecule has 25 heavy (non-hydrogen) atoms. The van der Waals surface area contributed by atoms with Crippen molar-refractivity contribution in [3.05, 3.63) is 53.1 Å². The second kappa shape index (κ2) is 7.61. The number of amides is 1. The van der Waals surface area contributed by atoms with Gasteiger partial charge in [-0.3, -0.25) is 4.79 Å². The molecule has 0 saturated carbocycles. The van der Waals surface area contributed by atoms with E-state index in [1.54, 1.807) is 13.3 Å². The number of methoxy groups -OCH3 is 1. The number of morpholine rings is 1. The number of carbonyl (C=O) groups excluding carboxylic acids is 1. The molecule has 1 aliphatic heterocycles. The van der Waals surface area contributed by atoms with Crippen LogP contribution in [-0.2, 0) is 16.0 Å². The summed E-state index contributed by atoms with van der Waals surface area (Å²) in [5.41, 5.74) is 2.90. The van der Waals surface area contributed by atoms with E-state index in [0.29, 0.717) is 31.9 Å². The van der Waals surface area contributed by atoms with Gasteiger partial charge in [0, 0.05) is 24.0 Å². The zero-order valence-electron chi connectivity index (χ0n) is 14.9. The largest absolute Gasteiger partial charge is 0.496 e. The number of rotatable bonds is 4. The molecular formula is C19H23N3O3. The van der Waals surface area contributed by atoms with Gasteiger partial charge in [0.1, 0.15) is 11.9 Å². The number of aryl methyl sites for hydroxylation is 2. The molecule has 0 radical (unpaired) electrons. The standard InChI is InChI=1S/C19H23N3O3/c1-13-4-5-16(24-3)15(10-13)11-18(23)22-8-9-25-17(12-22)19-20-7-6-14(2)21-19/h4-7,10,17H,8-9,11-12H2,1-3H3/t17-/m1/s1. The summed E-state index contributed by atoms with van der Waals surface area (Å²) in [5, 5.41) is 0. The van der Waals surface area contributed by atoms with Crippen LogP contribution in [0.2, 0.25) is 0 Å². The first-order chi connectivity index (χ1) is 12.1. The topological polar surface area (TPSA) is 64.5 Å². The van der Waals surface area contributed by atoms with Crippen LogP contribution >= 0.6 is 0 Å². The number of hydrogen-bond acceptors (Lipinski definition) is 5. The molecular weight excluding hydrogens is 318 g/mol. The maximum atomic E-state index is 12.8. The van der Waals surface area contributed by atoms with Crippen molar-refractivity contribution >= 4 is 5.91 Å². The molecule has 3 rings (SSSR count). The van der Waals surface area contributed by atoms with Crippen LogP contribution in [0.4, 0.5) is 0 Å². The molecule has 1 saturated heterocycles. The van der Waals surface area contributed by atoms with Crippen LogP contribution in [0, 0.1) is 13.8 Å². The average molecular weight is 341 g/mol. The first kappa shape index (κ1) is 17.4. The third-order valence-corrected chi connectivity index (χ3v) is 4.30. The Labute approximate surface area is 147 Å². The zero-order chi connectivity index (χ0) is 17.8. The molecule has 6 heteroatoms. The van der Waals surface area contributed by atoms with E-state index < -0.39 is 0 Å². The predicted molar refractivity (Wildman–Crippen MR) is 93.5 cm³/mol. The van der Waals surface area contributed by atoms with E-state index in [0.717, 1.165) is 22.6 Å². The SMILES string of the molecule is COc1ccc(C)cc1CC(=O)N1CCO[C@@H](c2nccc(C)n2)C1. The summed E-state index contributed by atoms with van der Waals surface area (Å²) in [7, 11) is 1.62. The first-order valence-electron chi connectivity index (χ1n) is 8.39. The van der Waals surface area contributed by atoms with E-state index in [9.17, 15) is 4.79 Å². The van der Waals surface area contributed by atoms with Crippen LogP contribution in [0.15, 0.2) is 30.5 Å². The van der Waals surface area contributed by atoms with Crippen molar-refractivity contribution in [2.24, 2.45) is 0 Å². The number of nitrogens with zero attached hydrogens (tertiary/aromatic N) is 3. The Morgan fingerprint density at radius 2 is 2.20 bits per heavy atom. The Morgan fingerprint density at radius 3 is 2.96 bits per heavy atom. The molecule has 0 bridgehead atoms. The van der Waals surface area contributed by atoms with Crippen LogP contribution in [0.1, 0.15) is 28.7 Å². The summed E-state index contributed by atoms with van der Waals surface area (Å²) in [4.78, 5) is 23.3. The number of hydrogen-bond donors (Lipinski definition) is 0. The smallest absolute Gasteiger partial charge is 0.227 e. The number of ether oxygens (including phenoxy) is 2. The molecule has 0 unspecified atom stereocenters. The van der Waals surface area contributed by atoms with Gasteiger partial charge in [0.2, 0.25) is 5.91 Å². The van der Waals surface area contributed by atoms with E-state index in [4.69, 9.17) is 9.47 Å². The van der Waals surface area contributed by atoms with Gasteiger partial charge in [-0.15, -0.1) is 0 Å². The van der Waals surface area contributed by atoms with Crippen molar-refractivity contribution in [3.8, 4) is 5.75 Å². The Hall–Kier alpha value is -2.47. The minimum Gasteiger partial charge on any atom is -0.496 e. The molecule has 2 aromatic rings. The maximum Gasteiger partial charge on any atom is 0.227 e. The molecule has 0 N–H and O–H groups in total. The molecule has 0 aliphatic carbocycles. The van der Waals surface area contributed by atoms with Gasteiger partial charge in [-0.05, 0) is 26.0 Å². The summed E-state index contributed by atoms with van der Waals surface area (Å²) in [6.45, 7) is 5.46. The van der Waals surface area contributed by atoms with Gasteiger partial charge < -0.3 is 14.4 Å². The van der Waals surface area contributed by atoms with Crippen LogP contribution in [0.3, 0.4) is 0 Å². The summed E-state index contributed by atoms with van der Waals surface area (Å²) < 4.78 is 11.1. The molecule has 1 atom stereocenters. The highest BCUT2D eigenvalue weighted by Crippen LogP contribution is 2.23. The molecule has 1 amide bonds. The molecule has 2 heterocycles. The van der Waals surface area contributed by atoms with Gasteiger partial charge in [-0.2, -0.15) is 0 Å². The second-order valence-corrected chi connectivity index (χ2v) is 6.25. The Kier molecular flexibility index (Phi) is 5.28. The van der Waals surface area contributed by atoms with Crippen molar-refractivity contribution in [1.82, 2.24) is 14.9 Å². The fourth-order valence-corrected chi connectivity index (χ4v) is 2.98. The van der Waals surface area contributed by atoms with E-state index in [-0.39, 0.29) is 12.0 Å². The summed E-state index contributed by atoms with van der Waals surface area (Å²) in [6.07, 6.45) is 1.75.